The van der Waals surface area contributed by atoms with Gasteiger partial charge < -0.3 is 19.7 Å². The molecule has 33 heavy (non-hydrogen) atoms. The summed E-state index contributed by atoms with van der Waals surface area (Å²) in [5, 5.41) is 2.74. The molecule has 8 nitrogen and oxygen atoms in total. The normalized spacial score (nSPS) is 15.5. The molecule has 2 aromatic rings. The van der Waals surface area contributed by atoms with Crippen molar-refractivity contribution in [3.63, 3.8) is 0 Å². The Morgan fingerprint density at radius 3 is 2.45 bits per heavy atom. The SMILES string of the molecule is Cc1ccc(C)c(NC(=O)COC(=O)[C@H]2CC(=O)N(c3ccc(C(=O)OC(C)C)cc3)C2)c1. The van der Waals surface area contributed by atoms with Crippen LogP contribution in [-0.2, 0) is 23.9 Å². The van der Waals surface area contributed by atoms with Crippen LogP contribution < -0.4 is 10.2 Å². The van der Waals surface area contributed by atoms with Crippen LogP contribution in [0.15, 0.2) is 42.5 Å². The lowest BCUT2D eigenvalue weighted by molar-refractivity contribution is -0.151. The number of amides is 2. The largest absolute Gasteiger partial charge is 0.459 e. The topological polar surface area (TPSA) is 102 Å². The van der Waals surface area contributed by atoms with Crippen LogP contribution in [0.5, 0.6) is 0 Å². The van der Waals surface area contributed by atoms with Crippen LogP contribution in [0.2, 0.25) is 0 Å². The summed E-state index contributed by atoms with van der Waals surface area (Å²) in [6.45, 7) is 7.04. The minimum Gasteiger partial charge on any atom is -0.459 e. The van der Waals surface area contributed by atoms with E-state index in [4.69, 9.17) is 9.47 Å². The van der Waals surface area contributed by atoms with Gasteiger partial charge in [0.05, 0.1) is 17.6 Å². The van der Waals surface area contributed by atoms with Crippen LogP contribution in [0, 0.1) is 19.8 Å². The molecular formula is C25H28N2O6. The lowest BCUT2D eigenvalue weighted by Crippen LogP contribution is -2.28. The van der Waals surface area contributed by atoms with Crippen molar-refractivity contribution in [2.75, 3.05) is 23.4 Å². The Hall–Kier alpha value is -3.68. The highest BCUT2D eigenvalue weighted by Crippen LogP contribution is 2.26. The second-order valence-electron chi connectivity index (χ2n) is 8.38. The van der Waals surface area contributed by atoms with Crippen LogP contribution in [0.4, 0.5) is 11.4 Å². The molecule has 3 rings (SSSR count). The molecule has 1 aliphatic rings. The molecule has 0 radical (unpaired) electrons. The van der Waals surface area contributed by atoms with E-state index in [0.29, 0.717) is 16.9 Å². The minimum absolute atomic E-state index is 0.00537. The summed E-state index contributed by atoms with van der Waals surface area (Å²) in [5.74, 6) is -2.38. The van der Waals surface area contributed by atoms with E-state index in [1.54, 1.807) is 38.1 Å². The second-order valence-corrected chi connectivity index (χ2v) is 8.38. The van der Waals surface area contributed by atoms with Gasteiger partial charge in [-0.05, 0) is 69.2 Å². The van der Waals surface area contributed by atoms with Crippen molar-refractivity contribution in [3.05, 3.63) is 59.2 Å². The number of benzene rings is 2. The van der Waals surface area contributed by atoms with Gasteiger partial charge in [-0.25, -0.2) is 4.79 Å². The fourth-order valence-corrected chi connectivity index (χ4v) is 3.49. The Bertz CT molecular complexity index is 1060. The van der Waals surface area contributed by atoms with Crippen molar-refractivity contribution in [2.45, 2.75) is 40.2 Å². The van der Waals surface area contributed by atoms with Gasteiger partial charge in [-0.3, -0.25) is 14.4 Å². The molecule has 0 saturated carbocycles. The molecule has 0 spiro atoms. The Labute approximate surface area is 192 Å². The molecule has 0 unspecified atom stereocenters. The molecule has 1 aliphatic heterocycles. The Kier molecular flexibility index (Phi) is 7.48. The molecule has 0 bridgehead atoms. The maximum Gasteiger partial charge on any atom is 0.338 e. The fraction of sp³-hybridized carbons (Fsp3) is 0.360. The third kappa shape index (κ3) is 6.19. The summed E-state index contributed by atoms with van der Waals surface area (Å²) in [6.07, 6.45) is -0.235. The number of ether oxygens (including phenoxy) is 2. The van der Waals surface area contributed by atoms with E-state index >= 15 is 0 Å². The number of rotatable bonds is 7. The third-order valence-corrected chi connectivity index (χ3v) is 5.23. The summed E-state index contributed by atoms with van der Waals surface area (Å²) in [7, 11) is 0. The molecule has 1 atom stereocenters. The summed E-state index contributed by atoms with van der Waals surface area (Å²) in [6, 6.07) is 12.1. The van der Waals surface area contributed by atoms with Crippen LogP contribution in [0.25, 0.3) is 0 Å². The highest BCUT2D eigenvalue weighted by Gasteiger charge is 2.36. The van der Waals surface area contributed by atoms with Gasteiger partial charge in [-0.2, -0.15) is 0 Å². The number of carbonyl (C=O) groups excluding carboxylic acids is 4. The van der Waals surface area contributed by atoms with E-state index in [9.17, 15) is 19.2 Å². The molecule has 174 valence electrons. The number of aryl methyl sites for hydroxylation is 2. The van der Waals surface area contributed by atoms with Gasteiger partial charge in [-0.1, -0.05) is 12.1 Å². The van der Waals surface area contributed by atoms with Crippen molar-refractivity contribution in [1.82, 2.24) is 0 Å². The Morgan fingerprint density at radius 1 is 1.09 bits per heavy atom. The van der Waals surface area contributed by atoms with Crippen LogP contribution in [0.1, 0.15) is 41.8 Å². The average molecular weight is 453 g/mol. The van der Waals surface area contributed by atoms with Crippen molar-refractivity contribution in [1.29, 1.82) is 0 Å². The number of esters is 2. The minimum atomic E-state index is -0.670. The predicted molar refractivity (Wildman–Crippen MR) is 123 cm³/mol. The van der Waals surface area contributed by atoms with E-state index < -0.39 is 30.4 Å². The lowest BCUT2D eigenvalue weighted by Gasteiger charge is -2.17. The molecular weight excluding hydrogens is 424 g/mol. The van der Waals surface area contributed by atoms with Crippen LogP contribution in [-0.4, -0.2) is 43.0 Å². The Balaban J connectivity index is 1.54. The van der Waals surface area contributed by atoms with Crippen LogP contribution >= 0.6 is 0 Å². The summed E-state index contributed by atoms with van der Waals surface area (Å²) < 4.78 is 10.3. The zero-order valence-corrected chi connectivity index (χ0v) is 19.2. The zero-order chi connectivity index (χ0) is 24.1. The van der Waals surface area contributed by atoms with E-state index in [0.717, 1.165) is 11.1 Å². The molecule has 8 heteroatoms. The van der Waals surface area contributed by atoms with Gasteiger partial charge in [0.25, 0.3) is 5.91 Å². The second kappa shape index (κ2) is 10.3. The molecule has 1 saturated heterocycles. The van der Waals surface area contributed by atoms with Crippen molar-refractivity contribution >= 4 is 35.1 Å². The van der Waals surface area contributed by atoms with Gasteiger partial charge in [0.15, 0.2) is 6.61 Å². The van der Waals surface area contributed by atoms with Gasteiger partial charge in [0.1, 0.15) is 0 Å². The summed E-state index contributed by atoms with van der Waals surface area (Å²) in [5.41, 5.74) is 3.52. The molecule has 2 amide bonds. The van der Waals surface area contributed by atoms with Crippen molar-refractivity contribution in [2.24, 2.45) is 5.92 Å². The zero-order valence-electron chi connectivity index (χ0n) is 19.2. The molecule has 0 aromatic heterocycles. The number of hydrogen-bond donors (Lipinski definition) is 1. The summed E-state index contributed by atoms with van der Waals surface area (Å²) in [4.78, 5) is 50.5. The standard InChI is InChI=1S/C25H28N2O6/c1-15(2)33-25(31)18-7-9-20(10-8-18)27-13-19(12-23(27)29)24(30)32-14-22(28)26-21-11-16(3)5-6-17(21)4/h5-11,15,19H,12-14H2,1-4H3,(H,26,28)/t19-/m0/s1. The van der Waals surface area contributed by atoms with E-state index in [2.05, 4.69) is 5.32 Å². The number of hydrogen-bond acceptors (Lipinski definition) is 6. The van der Waals surface area contributed by atoms with Crippen LogP contribution in [0.3, 0.4) is 0 Å². The molecule has 0 aliphatic carbocycles. The monoisotopic (exact) mass is 452 g/mol. The van der Waals surface area contributed by atoms with E-state index in [1.165, 1.54) is 4.90 Å². The lowest BCUT2D eigenvalue weighted by atomic mass is 10.1. The van der Waals surface area contributed by atoms with Gasteiger partial charge in [0.2, 0.25) is 5.91 Å². The average Bonchev–Trinajstić information content (AvgIpc) is 3.16. The number of nitrogens with one attached hydrogen (secondary N) is 1. The molecule has 1 heterocycles. The first-order valence-electron chi connectivity index (χ1n) is 10.8. The first-order valence-corrected chi connectivity index (χ1v) is 10.8. The van der Waals surface area contributed by atoms with E-state index in [1.807, 2.05) is 32.0 Å². The summed E-state index contributed by atoms with van der Waals surface area (Å²) >= 11 is 0. The predicted octanol–water partition coefficient (Wildman–Crippen LogP) is 3.40. The molecule has 2 aromatic carbocycles. The maximum atomic E-state index is 12.4. The third-order valence-electron chi connectivity index (χ3n) is 5.23. The number of nitrogens with zero attached hydrogens (tertiary/aromatic N) is 1. The molecule has 1 N–H and O–H groups in total. The first kappa shape index (κ1) is 24.0. The highest BCUT2D eigenvalue weighted by molar-refractivity contribution is 6.00. The Morgan fingerprint density at radius 2 is 1.79 bits per heavy atom. The van der Waals surface area contributed by atoms with Crippen molar-refractivity contribution in [3.8, 4) is 0 Å². The van der Waals surface area contributed by atoms with E-state index in [-0.39, 0.29) is 25.0 Å². The quantitative estimate of drug-likeness (QED) is 0.646. The smallest absolute Gasteiger partial charge is 0.338 e. The molecule has 1 fully saturated rings. The fourth-order valence-electron chi connectivity index (χ4n) is 3.49. The first-order chi connectivity index (χ1) is 15.6. The van der Waals surface area contributed by atoms with Gasteiger partial charge in [0, 0.05) is 24.3 Å². The number of carbonyl (C=O) groups is 4. The maximum absolute atomic E-state index is 12.4. The van der Waals surface area contributed by atoms with Gasteiger partial charge >= 0.3 is 11.9 Å². The highest BCUT2D eigenvalue weighted by atomic mass is 16.5. The number of anilines is 2. The van der Waals surface area contributed by atoms with Gasteiger partial charge in [-0.15, -0.1) is 0 Å². The van der Waals surface area contributed by atoms with Crippen molar-refractivity contribution < 1.29 is 28.7 Å².